The lowest BCUT2D eigenvalue weighted by Crippen LogP contribution is -2.15. The predicted octanol–water partition coefficient (Wildman–Crippen LogP) is 0.835. The summed E-state index contributed by atoms with van der Waals surface area (Å²) < 4.78 is 1.93. The molecule has 0 radical (unpaired) electrons. The Hall–Kier alpha value is -1.39. The molecule has 5 heteroatoms. The van der Waals surface area contributed by atoms with Gasteiger partial charge >= 0.3 is 0 Å². The quantitative estimate of drug-likeness (QED) is 0.796. The lowest BCUT2D eigenvalue weighted by Gasteiger charge is -2.04. The van der Waals surface area contributed by atoms with Crippen molar-refractivity contribution in [2.75, 3.05) is 0 Å². The van der Waals surface area contributed by atoms with Gasteiger partial charge in [0.2, 0.25) is 0 Å². The Morgan fingerprint density at radius 3 is 2.67 bits per heavy atom. The van der Waals surface area contributed by atoms with Crippen molar-refractivity contribution in [3.8, 4) is 0 Å². The highest BCUT2D eigenvalue weighted by Crippen LogP contribution is 2.48. The first-order valence-electron chi connectivity index (χ1n) is 5.43. The third-order valence-corrected chi connectivity index (χ3v) is 3.31. The van der Waals surface area contributed by atoms with Gasteiger partial charge in [-0.2, -0.15) is 0 Å². The highest BCUT2D eigenvalue weighted by molar-refractivity contribution is 5.92. The molecule has 1 aromatic heterocycles. The SMILES string of the molecule is CC1CC1n1nnc(C(N)=O)c1C1CC1. The summed E-state index contributed by atoms with van der Waals surface area (Å²) in [7, 11) is 0. The van der Waals surface area contributed by atoms with Crippen LogP contribution in [0.5, 0.6) is 0 Å². The molecule has 2 aliphatic carbocycles. The number of nitrogens with two attached hydrogens (primary N) is 1. The van der Waals surface area contributed by atoms with Gasteiger partial charge in [-0.15, -0.1) is 5.10 Å². The summed E-state index contributed by atoms with van der Waals surface area (Å²) in [5.41, 5.74) is 6.66. The minimum absolute atomic E-state index is 0.386. The maximum atomic E-state index is 11.2. The number of primary amides is 1. The van der Waals surface area contributed by atoms with Gasteiger partial charge in [-0.3, -0.25) is 4.79 Å². The second-order valence-electron chi connectivity index (χ2n) is 4.69. The molecule has 1 amide bonds. The number of hydrogen-bond acceptors (Lipinski definition) is 3. The second kappa shape index (κ2) is 2.81. The Kier molecular flexibility index (Phi) is 1.66. The first kappa shape index (κ1) is 8.88. The van der Waals surface area contributed by atoms with Crippen LogP contribution in [0.3, 0.4) is 0 Å². The molecule has 80 valence electrons. The lowest BCUT2D eigenvalue weighted by molar-refractivity contribution is 0.0994. The Balaban J connectivity index is 2.03. The topological polar surface area (TPSA) is 73.8 Å². The summed E-state index contributed by atoms with van der Waals surface area (Å²) in [6.45, 7) is 2.19. The molecule has 0 spiro atoms. The summed E-state index contributed by atoms with van der Waals surface area (Å²) in [6, 6.07) is 0.446. The molecular weight excluding hydrogens is 192 g/mol. The molecule has 2 unspecified atom stereocenters. The van der Waals surface area contributed by atoms with Crippen molar-refractivity contribution in [3.05, 3.63) is 11.4 Å². The molecular formula is C10H14N4O. The molecule has 1 aromatic rings. The van der Waals surface area contributed by atoms with Crippen LogP contribution >= 0.6 is 0 Å². The normalized spacial score (nSPS) is 29.1. The van der Waals surface area contributed by atoms with Crippen molar-refractivity contribution in [2.45, 2.75) is 38.1 Å². The third-order valence-electron chi connectivity index (χ3n) is 3.31. The fourth-order valence-electron chi connectivity index (χ4n) is 2.10. The minimum Gasteiger partial charge on any atom is -0.364 e. The van der Waals surface area contributed by atoms with Crippen molar-refractivity contribution >= 4 is 5.91 Å². The summed E-state index contributed by atoms with van der Waals surface area (Å²) in [5.74, 6) is 0.677. The van der Waals surface area contributed by atoms with E-state index in [1.54, 1.807) is 0 Å². The number of carbonyl (C=O) groups is 1. The summed E-state index contributed by atoms with van der Waals surface area (Å²) in [4.78, 5) is 11.2. The lowest BCUT2D eigenvalue weighted by atomic mass is 10.2. The number of hydrogen-bond donors (Lipinski definition) is 1. The number of aromatic nitrogens is 3. The van der Waals surface area contributed by atoms with E-state index in [0.29, 0.717) is 23.6 Å². The van der Waals surface area contributed by atoms with Gasteiger partial charge in [0.15, 0.2) is 5.69 Å². The van der Waals surface area contributed by atoms with Crippen LogP contribution in [0.1, 0.15) is 54.3 Å². The van der Waals surface area contributed by atoms with E-state index in [9.17, 15) is 4.79 Å². The van der Waals surface area contributed by atoms with E-state index in [2.05, 4.69) is 17.2 Å². The third kappa shape index (κ3) is 1.33. The largest absolute Gasteiger partial charge is 0.364 e. The zero-order valence-electron chi connectivity index (χ0n) is 8.68. The first-order chi connectivity index (χ1) is 7.18. The summed E-state index contributed by atoms with van der Waals surface area (Å²) in [6.07, 6.45) is 3.41. The van der Waals surface area contributed by atoms with Crippen molar-refractivity contribution < 1.29 is 4.79 Å². The van der Waals surface area contributed by atoms with Crippen molar-refractivity contribution in [1.29, 1.82) is 0 Å². The molecule has 5 nitrogen and oxygen atoms in total. The number of amides is 1. The van der Waals surface area contributed by atoms with Gasteiger partial charge in [0.25, 0.3) is 5.91 Å². The molecule has 0 aromatic carbocycles. The van der Waals surface area contributed by atoms with Crippen LogP contribution in [-0.2, 0) is 0 Å². The van der Waals surface area contributed by atoms with Crippen LogP contribution in [-0.4, -0.2) is 20.9 Å². The minimum atomic E-state index is -0.448. The fraction of sp³-hybridized carbons (Fsp3) is 0.700. The monoisotopic (exact) mass is 206 g/mol. The van der Waals surface area contributed by atoms with Crippen molar-refractivity contribution in [3.63, 3.8) is 0 Å². The zero-order valence-corrected chi connectivity index (χ0v) is 8.68. The van der Waals surface area contributed by atoms with Crippen LogP contribution in [0.15, 0.2) is 0 Å². The van der Waals surface area contributed by atoms with Crippen molar-refractivity contribution in [2.24, 2.45) is 11.7 Å². The van der Waals surface area contributed by atoms with Crippen LogP contribution in [0.4, 0.5) is 0 Å². The van der Waals surface area contributed by atoms with E-state index >= 15 is 0 Å². The Morgan fingerprint density at radius 2 is 2.20 bits per heavy atom. The van der Waals surface area contributed by atoms with Gasteiger partial charge in [-0.05, 0) is 25.2 Å². The van der Waals surface area contributed by atoms with E-state index in [4.69, 9.17) is 5.73 Å². The average Bonchev–Trinajstić information content (AvgIpc) is 3.08. The molecule has 2 saturated carbocycles. The molecule has 1 heterocycles. The Bertz CT molecular complexity index is 421. The number of nitrogens with zero attached hydrogens (tertiary/aromatic N) is 3. The summed E-state index contributed by atoms with van der Waals surface area (Å²) in [5, 5.41) is 7.99. The maximum Gasteiger partial charge on any atom is 0.271 e. The van der Waals surface area contributed by atoms with E-state index < -0.39 is 5.91 Å². The molecule has 2 aliphatic rings. The standard InChI is InChI=1S/C10H14N4O/c1-5-4-7(5)14-9(6-2-3-6)8(10(11)15)12-13-14/h5-7H,2-4H2,1H3,(H2,11,15). The zero-order chi connectivity index (χ0) is 10.6. The number of rotatable bonds is 3. The van der Waals surface area contributed by atoms with E-state index in [0.717, 1.165) is 25.0 Å². The summed E-state index contributed by atoms with van der Waals surface area (Å²) >= 11 is 0. The predicted molar refractivity (Wildman–Crippen MR) is 53.3 cm³/mol. The van der Waals surface area contributed by atoms with Crippen LogP contribution < -0.4 is 5.73 Å². The smallest absolute Gasteiger partial charge is 0.271 e. The molecule has 0 aliphatic heterocycles. The second-order valence-corrected chi connectivity index (χ2v) is 4.69. The van der Waals surface area contributed by atoms with Crippen LogP contribution in [0, 0.1) is 5.92 Å². The van der Waals surface area contributed by atoms with Gasteiger partial charge < -0.3 is 5.73 Å². The van der Waals surface area contributed by atoms with Gasteiger partial charge in [0, 0.05) is 5.92 Å². The van der Waals surface area contributed by atoms with Crippen LogP contribution in [0.2, 0.25) is 0 Å². The van der Waals surface area contributed by atoms with Gasteiger partial charge in [-0.25, -0.2) is 4.68 Å². The van der Waals surface area contributed by atoms with E-state index in [-0.39, 0.29) is 0 Å². The molecule has 2 atom stereocenters. The van der Waals surface area contributed by atoms with Crippen LogP contribution in [0.25, 0.3) is 0 Å². The van der Waals surface area contributed by atoms with Crippen molar-refractivity contribution in [1.82, 2.24) is 15.0 Å². The molecule has 3 rings (SSSR count). The molecule has 0 bridgehead atoms. The van der Waals surface area contributed by atoms with Gasteiger partial charge in [0.05, 0.1) is 11.7 Å². The molecule has 2 N–H and O–H groups in total. The average molecular weight is 206 g/mol. The Labute approximate surface area is 87.6 Å². The first-order valence-corrected chi connectivity index (χ1v) is 5.43. The molecule has 2 fully saturated rings. The maximum absolute atomic E-state index is 11.2. The van der Waals surface area contributed by atoms with E-state index in [1.807, 2.05) is 4.68 Å². The van der Waals surface area contributed by atoms with E-state index in [1.165, 1.54) is 0 Å². The molecule has 15 heavy (non-hydrogen) atoms. The highest BCUT2D eigenvalue weighted by atomic mass is 16.1. The molecule has 0 saturated heterocycles. The van der Waals surface area contributed by atoms with Gasteiger partial charge in [-0.1, -0.05) is 12.1 Å². The number of carbonyl (C=O) groups excluding carboxylic acids is 1. The van der Waals surface area contributed by atoms with Gasteiger partial charge in [0.1, 0.15) is 0 Å². The highest BCUT2D eigenvalue weighted by Gasteiger charge is 2.41. The Morgan fingerprint density at radius 1 is 1.53 bits per heavy atom. The fourth-order valence-corrected chi connectivity index (χ4v) is 2.10.